The molecule has 30 heavy (non-hydrogen) atoms. The number of piperazine rings is 1. The predicted molar refractivity (Wildman–Crippen MR) is 120 cm³/mol. The Kier molecular flexibility index (Phi) is 8.17. The molecular formula is C25H38N2O3. The maximum absolute atomic E-state index is 12.8. The molecule has 2 amide bonds. The molecule has 0 bridgehead atoms. The third kappa shape index (κ3) is 6.23. The van der Waals surface area contributed by atoms with Gasteiger partial charge >= 0.3 is 0 Å². The van der Waals surface area contributed by atoms with E-state index in [1.807, 2.05) is 21.9 Å². The van der Waals surface area contributed by atoms with Gasteiger partial charge < -0.3 is 14.5 Å². The average molecular weight is 415 g/mol. The average Bonchev–Trinajstić information content (AvgIpc) is 2.78. The van der Waals surface area contributed by atoms with Crippen LogP contribution in [0.2, 0.25) is 0 Å². The van der Waals surface area contributed by atoms with Gasteiger partial charge in [0, 0.05) is 32.6 Å². The molecule has 5 nitrogen and oxygen atoms in total. The van der Waals surface area contributed by atoms with Gasteiger partial charge in [0.25, 0.3) is 5.91 Å². The molecule has 1 saturated carbocycles. The van der Waals surface area contributed by atoms with Gasteiger partial charge in [-0.2, -0.15) is 0 Å². The molecule has 1 aliphatic heterocycles. The number of rotatable bonds is 7. The van der Waals surface area contributed by atoms with E-state index in [-0.39, 0.29) is 11.8 Å². The van der Waals surface area contributed by atoms with Crippen molar-refractivity contribution in [3.8, 4) is 5.75 Å². The van der Waals surface area contributed by atoms with Gasteiger partial charge in [0.05, 0.1) is 0 Å². The van der Waals surface area contributed by atoms with E-state index in [9.17, 15) is 9.59 Å². The van der Waals surface area contributed by atoms with Crippen LogP contribution in [0, 0.1) is 5.92 Å². The Hall–Kier alpha value is -2.04. The summed E-state index contributed by atoms with van der Waals surface area (Å²) in [5, 5.41) is 0. The molecule has 0 radical (unpaired) electrons. The molecule has 1 unspecified atom stereocenters. The summed E-state index contributed by atoms with van der Waals surface area (Å²) in [6.07, 6.45) is 7.73. The number of ether oxygens (including phenoxy) is 1. The summed E-state index contributed by atoms with van der Waals surface area (Å²) >= 11 is 0. The standard InChI is InChI=1S/C25H38N2O3/c1-19(2)22-10-12-23(13-11-22)30-20(3)25(29)27-17-15-26(16-18-27)24(28)14-9-21-7-5-4-6-8-21/h10-13,19-21H,4-9,14-18H2,1-3H3. The van der Waals surface area contributed by atoms with Crippen LogP contribution in [0.25, 0.3) is 0 Å². The second-order valence-corrected chi connectivity index (χ2v) is 9.23. The van der Waals surface area contributed by atoms with Crippen LogP contribution in [0.15, 0.2) is 24.3 Å². The number of hydrogen-bond donors (Lipinski definition) is 0. The third-order valence-corrected chi connectivity index (χ3v) is 6.64. The molecule has 3 rings (SSSR count). The summed E-state index contributed by atoms with van der Waals surface area (Å²) in [7, 11) is 0. The molecule has 2 fully saturated rings. The highest BCUT2D eigenvalue weighted by molar-refractivity contribution is 5.81. The largest absolute Gasteiger partial charge is 0.481 e. The maximum Gasteiger partial charge on any atom is 0.263 e. The van der Waals surface area contributed by atoms with E-state index in [1.54, 1.807) is 6.92 Å². The van der Waals surface area contributed by atoms with Crippen molar-refractivity contribution >= 4 is 11.8 Å². The molecule has 1 heterocycles. The summed E-state index contributed by atoms with van der Waals surface area (Å²) in [5.74, 6) is 2.18. The second-order valence-electron chi connectivity index (χ2n) is 9.23. The van der Waals surface area contributed by atoms with Crippen LogP contribution in [0.1, 0.15) is 77.2 Å². The zero-order valence-electron chi connectivity index (χ0n) is 18.9. The number of carbonyl (C=O) groups excluding carboxylic acids is 2. The van der Waals surface area contributed by atoms with Crippen molar-refractivity contribution in [1.29, 1.82) is 0 Å². The molecule has 1 aromatic rings. The van der Waals surface area contributed by atoms with Gasteiger partial charge in [-0.15, -0.1) is 0 Å². The first kappa shape index (κ1) is 22.6. The van der Waals surface area contributed by atoms with Crippen molar-refractivity contribution in [3.63, 3.8) is 0 Å². The van der Waals surface area contributed by atoms with Crippen LogP contribution in [-0.2, 0) is 9.59 Å². The Bertz CT molecular complexity index is 687. The van der Waals surface area contributed by atoms with Crippen LogP contribution >= 0.6 is 0 Å². The van der Waals surface area contributed by atoms with Crippen molar-refractivity contribution in [3.05, 3.63) is 29.8 Å². The van der Waals surface area contributed by atoms with Crippen molar-refractivity contribution < 1.29 is 14.3 Å². The van der Waals surface area contributed by atoms with Crippen LogP contribution in [0.3, 0.4) is 0 Å². The maximum atomic E-state index is 12.8. The highest BCUT2D eigenvalue weighted by atomic mass is 16.5. The number of hydrogen-bond acceptors (Lipinski definition) is 3. The van der Waals surface area contributed by atoms with Crippen LogP contribution in [0.5, 0.6) is 5.75 Å². The molecule has 166 valence electrons. The predicted octanol–water partition coefficient (Wildman–Crippen LogP) is 4.61. The first-order chi connectivity index (χ1) is 14.4. The second kappa shape index (κ2) is 10.8. The first-order valence-electron chi connectivity index (χ1n) is 11.8. The molecule has 0 aromatic heterocycles. The molecule has 2 aliphatic rings. The Labute approximate surface area is 181 Å². The lowest BCUT2D eigenvalue weighted by Gasteiger charge is -2.36. The molecule has 1 saturated heterocycles. The SMILES string of the molecule is CC(Oc1ccc(C(C)C)cc1)C(=O)N1CCN(C(=O)CCC2CCCCC2)CC1. The third-order valence-electron chi connectivity index (χ3n) is 6.64. The zero-order valence-corrected chi connectivity index (χ0v) is 18.9. The van der Waals surface area contributed by atoms with Crippen LogP contribution in [0.4, 0.5) is 0 Å². The highest BCUT2D eigenvalue weighted by Gasteiger charge is 2.28. The summed E-state index contributed by atoms with van der Waals surface area (Å²) in [6, 6.07) is 7.97. The van der Waals surface area contributed by atoms with E-state index in [0.29, 0.717) is 38.5 Å². The fourth-order valence-corrected chi connectivity index (χ4v) is 4.58. The van der Waals surface area contributed by atoms with Gasteiger partial charge in [0.1, 0.15) is 5.75 Å². The Balaban J connectivity index is 1.41. The van der Waals surface area contributed by atoms with Crippen LogP contribution < -0.4 is 4.74 Å². The fourth-order valence-electron chi connectivity index (χ4n) is 4.58. The van der Waals surface area contributed by atoms with Crippen molar-refractivity contribution in [2.75, 3.05) is 26.2 Å². The van der Waals surface area contributed by atoms with E-state index >= 15 is 0 Å². The van der Waals surface area contributed by atoms with Gasteiger partial charge in [-0.3, -0.25) is 9.59 Å². The smallest absolute Gasteiger partial charge is 0.263 e. The van der Waals surface area contributed by atoms with Gasteiger partial charge in [0.15, 0.2) is 6.10 Å². The molecule has 1 aromatic carbocycles. The highest BCUT2D eigenvalue weighted by Crippen LogP contribution is 2.27. The monoisotopic (exact) mass is 414 g/mol. The number of carbonyl (C=O) groups is 2. The molecule has 0 N–H and O–H groups in total. The number of amides is 2. The molecule has 0 spiro atoms. The quantitative estimate of drug-likeness (QED) is 0.655. The first-order valence-corrected chi connectivity index (χ1v) is 11.8. The van der Waals surface area contributed by atoms with Gasteiger partial charge in [-0.05, 0) is 42.9 Å². The zero-order chi connectivity index (χ0) is 21.5. The molecule has 1 atom stereocenters. The van der Waals surface area contributed by atoms with E-state index in [1.165, 1.54) is 37.7 Å². The normalized spacial score (nSPS) is 19.1. The van der Waals surface area contributed by atoms with Gasteiger partial charge in [0.2, 0.25) is 5.91 Å². The van der Waals surface area contributed by atoms with E-state index < -0.39 is 6.10 Å². The minimum atomic E-state index is -0.525. The summed E-state index contributed by atoms with van der Waals surface area (Å²) in [4.78, 5) is 29.1. The summed E-state index contributed by atoms with van der Waals surface area (Å²) < 4.78 is 5.87. The van der Waals surface area contributed by atoms with Gasteiger partial charge in [-0.25, -0.2) is 0 Å². The summed E-state index contributed by atoms with van der Waals surface area (Å²) in [5.41, 5.74) is 1.26. The number of nitrogens with zero attached hydrogens (tertiary/aromatic N) is 2. The topological polar surface area (TPSA) is 49.9 Å². The lowest BCUT2D eigenvalue weighted by Crippen LogP contribution is -2.53. The Morgan fingerprint density at radius 2 is 1.53 bits per heavy atom. The van der Waals surface area contributed by atoms with Crippen molar-refractivity contribution in [1.82, 2.24) is 9.80 Å². The number of benzene rings is 1. The minimum Gasteiger partial charge on any atom is -0.481 e. The summed E-state index contributed by atoms with van der Waals surface area (Å²) in [6.45, 7) is 8.56. The fraction of sp³-hybridized carbons (Fsp3) is 0.680. The lowest BCUT2D eigenvalue weighted by atomic mass is 9.86. The van der Waals surface area contributed by atoms with Crippen molar-refractivity contribution in [2.45, 2.75) is 77.7 Å². The van der Waals surface area contributed by atoms with Gasteiger partial charge in [-0.1, -0.05) is 58.1 Å². The van der Waals surface area contributed by atoms with Crippen molar-refractivity contribution in [2.24, 2.45) is 5.92 Å². The molecular weight excluding hydrogens is 376 g/mol. The molecule has 5 heteroatoms. The molecule has 1 aliphatic carbocycles. The van der Waals surface area contributed by atoms with E-state index in [0.717, 1.165) is 18.1 Å². The Morgan fingerprint density at radius 3 is 2.13 bits per heavy atom. The van der Waals surface area contributed by atoms with E-state index in [2.05, 4.69) is 26.0 Å². The van der Waals surface area contributed by atoms with E-state index in [4.69, 9.17) is 4.74 Å². The minimum absolute atomic E-state index is 0.00255. The van der Waals surface area contributed by atoms with Crippen LogP contribution in [-0.4, -0.2) is 53.9 Å². The lowest BCUT2D eigenvalue weighted by molar-refractivity contribution is -0.143. The Morgan fingerprint density at radius 1 is 0.933 bits per heavy atom.